The predicted octanol–water partition coefficient (Wildman–Crippen LogP) is 3.01. The highest BCUT2D eigenvalue weighted by atomic mass is 19.3. The van der Waals surface area contributed by atoms with Crippen LogP contribution in [-0.2, 0) is 16.2 Å². The van der Waals surface area contributed by atoms with E-state index in [4.69, 9.17) is 4.74 Å². The highest BCUT2D eigenvalue weighted by Crippen LogP contribution is 2.25. The fraction of sp³-hybridized carbons (Fsp3) is 0.500. The second kappa shape index (κ2) is 9.75. The summed E-state index contributed by atoms with van der Waals surface area (Å²) in [7, 11) is 0. The second-order valence-corrected chi connectivity index (χ2v) is 7.18. The van der Waals surface area contributed by atoms with E-state index in [1.54, 1.807) is 13.0 Å². The molecule has 30 heavy (non-hydrogen) atoms. The van der Waals surface area contributed by atoms with Crippen LogP contribution < -0.4 is 5.32 Å². The average molecular weight is 421 g/mol. The van der Waals surface area contributed by atoms with Crippen molar-refractivity contribution in [3.05, 3.63) is 41.3 Å². The molecule has 1 fully saturated rings. The lowest BCUT2D eigenvalue weighted by atomic mass is 9.97. The van der Waals surface area contributed by atoms with E-state index in [0.29, 0.717) is 25.3 Å². The molecule has 3 heterocycles. The van der Waals surface area contributed by atoms with Crippen LogP contribution in [0.5, 0.6) is 0 Å². The fourth-order valence-electron chi connectivity index (χ4n) is 3.53. The van der Waals surface area contributed by atoms with Gasteiger partial charge in [-0.2, -0.15) is 5.10 Å². The Labute approximate surface area is 173 Å². The van der Waals surface area contributed by atoms with Crippen molar-refractivity contribution in [2.24, 2.45) is 5.92 Å². The summed E-state index contributed by atoms with van der Waals surface area (Å²) in [5.41, 5.74) is 0.0985. The Balaban J connectivity index is 1.67. The third kappa shape index (κ3) is 5.18. The number of nitrogens with zero attached hydrogens (tertiary/aromatic N) is 4. The Kier molecular flexibility index (Phi) is 7.09. The van der Waals surface area contributed by atoms with E-state index in [0.717, 1.165) is 23.0 Å². The molecule has 2 aromatic heterocycles. The number of rotatable bonds is 7. The molecule has 1 N–H and O–H groups in total. The fourth-order valence-corrected chi connectivity index (χ4v) is 3.53. The van der Waals surface area contributed by atoms with Crippen LogP contribution in [0.25, 0.3) is 0 Å². The van der Waals surface area contributed by atoms with Gasteiger partial charge >= 0.3 is 5.97 Å². The number of aryl methyl sites for hydroxylation is 1. The molecule has 1 aliphatic heterocycles. The topological polar surface area (TPSA) is 89.4 Å². The van der Waals surface area contributed by atoms with E-state index in [9.17, 15) is 18.4 Å². The molecule has 8 nitrogen and oxygen atoms in total. The van der Waals surface area contributed by atoms with E-state index in [1.165, 1.54) is 0 Å². The molecule has 0 saturated carbocycles. The Morgan fingerprint density at radius 1 is 1.37 bits per heavy atom. The number of aromatic nitrogens is 3. The number of amides is 1. The first kappa shape index (κ1) is 21.8. The predicted molar refractivity (Wildman–Crippen MR) is 105 cm³/mol. The number of pyridine rings is 1. The van der Waals surface area contributed by atoms with Crippen molar-refractivity contribution in [2.75, 3.05) is 25.0 Å². The molecule has 0 spiro atoms. The number of ether oxygens (including phenoxy) is 1. The second-order valence-electron chi connectivity index (χ2n) is 7.18. The zero-order chi connectivity index (χ0) is 21.7. The summed E-state index contributed by atoms with van der Waals surface area (Å²) in [6.45, 7) is 4.64. The van der Waals surface area contributed by atoms with E-state index in [2.05, 4.69) is 15.4 Å². The van der Waals surface area contributed by atoms with Crippen LogP contribution in [0.1, 0.15) is 47.9 Å². The molecule has 1 aliphatic rings. The lowest BCUT2D eigenvalue weighted by molar-refractivity contribution is -0.121. The monoisotopic (exact) mass is 421 g/mol. The zero-order valence-electron chi connectivity index (χ0n) is 17.0. The molecule has 0 radical (unpaired) electrons. The molecule has 10 heteroatoms. The van der Waals surface area contributed by atoms with Gasteiger partial charge in [0.2, 0.25) is 5.91 Å². The van der Waals surface area contributed by atoms with Crippen LogP contribution in [0.3, 0.4) is 0 Å². The minimum Gasteiger partial charge on any atom is -0.462 e. The molecule has 0 aromatic carbocycles. The standard InChI is InChI=1S/C20H25F2N5O3/c1-3-30-20(29)15-10-23-27(17(15)18(21)22)12-26-9-5-7-14(11-26)19(28)25-16-8-4-6-13(2)24-16/h4,6,8,10,14,18H,3,5,7,9,11-12H2,1-2H3,(H,24,25,28). The maximum absolute atomic E-state index is 13.6. The quantitative estimate of drug-likeness (QED) is 0.692. The number of carbonyl (C=O) groups excluding carboxylic acids is 2. The smallest absolute Gasteiger partial charge is 0.341 e. The first-order valence-electron chi connectivity index (χ1n) is 9.87. The van der Waals surface area contributed by atoms with Crippen LogP contribution in [0.15, 0.2) is 24.4 Å². The zero-order valence-corrected chi connectivity index (χ0v) is 17.0. The SMILES string of the molecule is CCOC(=O)c1cnn(CN2CCCC(C(=O)Nc3cccc(C)n3)C2)c1C(F)F. The minimum atomic E-state index is -2.87. The van der Waals surface area contributed by atoms with Crippen LogP contribution in [0.2, 0.25) is 0 Å². The van der Waals surface area contributed by atoms with Gasteiger partial charge in [0.25, 0.3) is 6.43 Å². The first-order valence-corrected chi connectivity index (χ1v) is 9.87. The average Bonchev–Trinajstić information content (AvgIpc) is 3.12. The van der Waals surface area contributed by atoms with Crippen molar-refractivity contribution in [3.63, 3.8) is 0 Å². The van der Waals surface area contributed by atoms with Gasteiger partial charge in [0.15, 0.2) is 0 Å². The Bertz CT molecular complexity index is 902. The minimum absolute atomic E-state index is 0.0611. The molecule has 0 aliphatic carbocycles. The highest BCUT2D eigenvalue weighted by molar-refractivity contribution is 5.92. The summed E-state index contributed by atoms with van der Waals surface area (Å²) < 4.78 is 33.1. The van der Waals surface area contributed by atoms with Crippen molar-refractivity contribution in [2.45, 2.75) is 39.8 Å². The van der Waals surface area contributed by atoms with Gasteiger partial charge in [-0.1, -0.05) is 6.07 Å². The van der Waals surface area contributed by atoms with Crippen molar-refractivity contribution < 1.29 is 23.1 Å². The molecule has 3 rings (SSSR count). The van der Waals surface area contributed by atoms with Crippen LogP contribution in [0, 0.1) is 12.8 Å². The number of piperidine rings is 1. The number of halogens is 2. The molecule has 1 saturated heterocycles. The number of likely N-dealkylation sites (tertiary alicyclic amines) is 1. The number of hydrogen-bond donors (Lipinski definition) is 1. The number of anilines is 1. The van der Waals surface area contributed by atoms with Gasteiger partial charge in [-0.05, 0) is 45.4 Å². The van der Waals surface area contributed by atoms with E-state index in [1.807, 2.05) is 24.0 Å². The number of nitrogens with one attached hydrogen (secondary N) is 1. The lowest BCUT2D eigenvalue weighted by Gasteiger charge is -2.32. The third-order valence-electron chi connectivity index (χ3n) is 4.93. The summed E-state index contributed by atoms with van der Waals surface area (Å²) in [5, 5.41) is 6.79. The van der Waals surface area contributed by atoms with Crippen LogP contribution in [-0.4, -0.2) is 51.2 Å². The maximum Gasteiger partial charge on any atom is 0.341 e. The van der Waals surface area contributed by atoms with Crippen molar-refractivity contribution in [1.29, 1.82) is 0 Å². The molecule has 1 atom stereocenters. The molecular weight excluding hydrogens is 396 g/mol. The Hall–Kier alpha value is -2.88. The van der Waals surface area contributed by atoms with Crippen LogP contribution in [0.4, 0.5) is 14.6 Å². The van der Waals surface area contributed by atoms with Gasteiger partial charge in [-0.3, -0.25) is 9.69 Å². The van der Waals surface area contributed by atoms with Crippen LogP contribution >= 0.6 is 0 Å². The summed E-state index contributed by atoms with van der Waals surface area (Å²) in [5.74, 6) is -0.778. The van der Waals surface area contributed by atoms with E-state index in [-0.39, 0.29) is 30.7 Å². The molecule has 0 bridgehead atoms. The normalized spacial score (nSPS) is 17.2. The molecule has 1 unspecified atom stereocenters. The molecule has 1 amide bonds. The number of esters is 1. The van der Waals surface area contributed by atoms with Crippen molar-refractivity contribution >= 4 is 17.7 Å². The maximum atomic E-state index is 13.6. The third-order valence-corrected chi connectivity index (χ3v) is 4.93. The number of hydrogen-bond acceptors (Lipinski definition) is 6. The summed E-state index contributed by atoms with van der Waals surface area (Å²) in [6.07, 6.45) is -0.321. The van der Waals surface area contributed by atoms with Gasteiger partial charge in [0, 0.05) is 12.2 Å². The highest BCUT2D eigenvalue weighted by Gasteiger charge is 2.29. The van der Waals surface area contributed by atoms with Gasteiger partial charge in [-0.15, -0.1) is 0 Å². The van der Waals surface area contributed by atoms with Crippen molar-refractivity contribution in [3.8, 4) is 0 Å². The largest absolute Gasteiger partial charge is 0.462 e. The molecular formula is C20H25F2N5O3. The summed E-state index contributed by atoms with van der Waals surface area (Å²) in [4.78, 5) is 30.7. The first-order chi connectivity index (χ1) is 14.4. The Morgan fingerprint density at radius 3 is 2.87 bits per heavy atom. The van der Waals surface area contributed by atoms with E-state index < -0.39 is 18.1 Å². The molecule has 2 aromatic rings. The number of carbonyl (C=O) groups is 2. The number of alkyl halides is 2. The van der Waals surface area contributed by atoms with Gasteiger partial charge in [0.1, 0.15) is 17.1 Å². The Morgan fingerprint density at radius 2 is 2.17 bits per heavy atom. The molecule has 162 valence electrons. The van der Waals surface area contributed by atoms with E-state index >= 15 is 0 Å². The summed E-state index contributed by atoms with van der Waals surface area (Å²) >= 11 is 0. The van der Waals surface area contributed by atoms with Gasteiger partial charge in [0.05, 0.1) is 25.4 Å². The van der Waals surface area contributed by atoms with Crippen molar-refractivity contribution in [1.82, 2.24) is 19.7 Å². The lowest BCUT2D eigenvalue weighted by Crippen LogP contribution is -2.42. The summed E-state index contributed by atoms with van der Waals surface area (Å²) in [6, 6.07) is 5.38. The van der Waals surface area contributed by atoms with Gasteiger partial charge in [-0.25, -0.2) is 23.2 Å². The van der Waals surface area contributed by atoms with Gasteiger partial charge < -0.3 is 10.1 Å².